The molecule has 0 saturated heterocycles. The minimum absolute atomic E-state index is 0.104. The molecule has 34 heavy (non-hydrogen) atoms. The number of primary amides is 1. The van der Waals surface area contributed by atoms with Gasteiger partial charge in [0.05, 0.1) is 17.7 Å². The average molecular weight is 492 g/mol. The Bertz CT molecular complexity index is 1400. The second-order valence-electron chi connectivity index (χ2n) is 8.16. The molecule has 1 unspecified atom stereocenters. The van der Waals surface area contributed by atoms with Crippen LogP contribution in [-0.4, -0.2) is 22.1 Å². The van der Waals surface area contributed by atoms with E-state index < -0.39 is 11.2 Å². The summed E-state index contributed by atoms with van der Waals surface area (Å²) in [5, 5.41) is 0.482. The van der Waals surface area contributed by atoms with Gasteiger partial charge in [0.2, 0.25) is 5.91 Å². The van der Waals surface area contributed by atoms with Crippen LogP contribution < -0.4 is 16.0 Å². The fraction of sp³-hybridized carbons (Fsp3) is 0.269. The molecule has 2 N–H and O–H groups in total. The van der Waals surface area contributed by atoms with E-state index in [4.69, 9.17) is 15.5 Å². The van der Waals surface area contributed by atoms with Crippen LogP contribution in [0, 0.1) is 0 Å². The molecule has 0 radical (unpaired) electrons. The van der Waals surface area contributed by atoms with E-state index in [1.807, 2.05) is 61.5 Å². The number of ether oxygens (including phenoxy) is 1. The predicted octanol–water partition coefficient (Wildman–Crippen LogP) is 5.04. The van der Waals surface area contributed by atoms with Crippen molar-refractivity contribution in [2.75, 3.05) is 6.61 Å². The number of fused-ring (bicyclic) bond motifs is 3. The largest absolute Gasteiger partial charge is 0.494 e. The first-order chi connectivity index (χ1) is 16.6. The molecule has 2 aromatic heterocycles. The van der Waals surface area contributed by atoms with Crippen LogP contribution in [0.5, 0.6) is 5.75 Å². The van der Waals surface area contributed by atoms with E-state index in [1.165, 1.54) is 16.6 Å². The van der Waals surface area contributed by atoms with Crippen LogP contribution in [-0.2, 0) is 17.6 Å². The van der Waals surface area contributed by atoms with Crippen LogP contribution >= 0.6 is 23.1 Å². The first kappa shape index (κ1) is 22.7. The molecule has 1 atom stereocenters. The highest BCUT2D eigenvalue weighted by atomic mass is 32.2. The van der Waals surface area contributed by atoms with E-state index in [0.717, 1.165) is 47.4 Å². The van der Waals surface area contributed by atoms with Gasteiger partial charge in [-0.3, -0.25) is 14.2 Å². The minimum Gasteiger partial charge on any atom is -0.494 e. The molecule has 0 fully saturated rings. The van der Waals surface area contributed by atoms with Crippen molar-refractivity contribution in [2.45, 2.75) is 43.0 Å². The van der Waals surface area contributed by atoms with Crippen molar-refractivity contribution in [3.63, 3.8) is 0 Å². The average Bonchev–Trinajstić information content (AvgIpc) is 3.22. The van der Waals surface area contributed by atoms with Gasteiger partial charge in [-0.1, -0.05) is 42.1 Å². The van der Waals surface area contributed by atoms with Gasteiger partial charge in [-0.25, -0.2) is 4.98 Å². The van der Waals surface area contributed by atoms with Gasteiger partial charge in [-0.05, 0) is 68.0 Å². The monoisotopic (exact) mass is 491 g/mol. The van der Waals surface area contributed by atoms with Crippen molar-refractivity contribution in [3.8, 4) is 11.4 Å². The lowest BCUT2D eigenvalue weighted by Gasteiger charge is -2.17. The third-order valence-electron chi connectivity index (χ3n) is 5.95. The Hall–Kier alpha value is -3.10. The summed E-state index contributed by atoms with van der Waals surface area (Å²) in [5.74, 6) is 0.254. The van der Waals surface area contributed by atoms with E-state index in [0.29, 0.717) is 22.8 Å². The highest BCUT2D eigenvalue weighted by molar-refractivity contribution is 8.00. The Morgan fingerprint density at radius 1 is 1.15 bits per heavy atom. The molecule has 1 aliphatic carbocycles. The number of aromatic nitrogens is 2. The molecular formula is C26H25N3O3S2. The van der Waals surface area contributed by atoms with Crippen molar-refractivity contribution < 1.29 is 9.53 Å². The first-order valence-corrected chi connectivity index (χ1v) is 13.1. The Morgan fingerprint density at radius 3 is 2.59 bits per heavy atom. The van der Waals surface area contributed by atoms with Crippen LogP contribution in [0.2, 0.25) is 0 Å². The fourth-order valence-electron chi connectivity index (χ4n) is 4.37. The molecule has 1 amide bonds. The lowest BCUT2D eigenvalue weighted by atomic mass is 9.97. The molecule has 0 bridgehead atoms. The summed E-state index contributed by atoms with van der Waals surface area (Å²) in [6.45, 7) is 2.49. The maximum Gasteiger partial charge on any atom is 0.267 e. The summed E-state index contributed by atoms with van der Waals surface area (Å²) < 4.78 is 7.19. The summed E-state index contributed by atoms with van der Waals surface area (Å²) in [5.41, 5.74) is 8.28. The zero-order valence-corrected chi connectivity index (χ0v) is 20.5. The quantitative estimate of drug-likeness (QED) is 0.289. The number of hydrogen-bond donors (Lipinski definition) is 1. The van der Waals surface area contributed by atoms with Gasteiger partial charge in [-0.15, -0.1) is 11.3 Å². The van der Waals surface area contributed by atoms with Gasteiger partial charge < -0.3 is 10.5 Å². The number of carbonyl (C=O) groups excluding carboxylic acids is 1. The molecule has 0 saturated carbocycles. The SMILES string of the molecule is CCOc1ccc(-n2c(SC(C(N)=O)c3ccccc3)nc3sc4c(c3c2=O)CCCC4)cc1. The lowest BCUT2D eigenvalue weighted by Crippen LogP contribution is -2.24. The third-order valence-corrected chi connectivity index (χ3v) is 8.36. The minimum atomic E-state index is -0.672. The van der Waals surface area contributed by atoms with Crippen molar-refractivity contribution >= 4 is 39.2 Å². The zero-order chi connectivity index (χ0) is 23.7. The second-order valence-corrected chi connectivity index (χ2v) is 10.3. The summed E-state index contributed by atoms with van der Waals surface area (Å²) in [7, 11) is 0. The van der Waals surface area contributed by atoms with Crippen LogP contribution in [0.1, 0.15) is 41.0 Å². The number of amides is 1. The van der Waals surface area contributed by atoms with Gasteiger partial charge in [0.15, 0.2) is 5.16 Å². The van der Waals surface area contributed by atoms with Crippen LogP contribution in [0.25, 0.3) is 15.9 Å². The third kappa shape index (κ3) is 4.23. The second kappa shape index (κ2) is 9.64. The Labute approximate surface area is 205 Å². The Balaban J connectivity index is 1.70. The highest BCUT2D eigenvalue weighted by Crippen LogP contribution is 2.38. The van der Waals surface area contributed by atoms with Crippen LogP contribution in [0.3, 0.4) is 0 Å². The van der Waals surface area contributed by atoms with E-state index in [1.54, 1.807) is 15.9 Å². The number of carbonyl (C=O) groups is 1. The van der Waals surface area contributed by atoms with Crippen LogP contribution in [0.4, 0.5) is 0 Å². The molecule has 0 aliphatic heterocycles. The van der Waals surface area contributed by atoms with Gasteiger partial charge in [0.1, 0.15) is 15.8 Å². The Kier molecular flexibility index (Phi) is 6.43. The molecular weight excluding hydrogens is 466 g/mol. The van der Waals surface area contributed by atoms with Crippen molar-refractivity contribution in [1.29, 1.82) is 0 Å². The Morgan fingerprint density at radius 2 is 1.88 bits per heavy atom. The lowest BCUT2D eigenvalue weighted by molar-refractivity contribution is -0.117. The zero-order valence-electron chi connectivity index (χ0n) is 18.8. The number of rotatable bonds is 7. The van der Waals surface area contributed by atoms with Gasteiger partial charge in [0, 0.05) is 4.88 Å². The van der Waals surface area contributed by atoms with E-state index in [9.17, 15) is 9.59 Å². The molecule has 2 heterocycles. The van der Waals surface area contributed by atoms with Crippen molar-refractivity contribution in [2.24, 2.45) is 5.73 Å². The molecule has 6 nitrogen and oxygen atoms in total. The smallest absolute Gasteiger partial charge is 0.267 e. The van der Waals surface area contributed by atoms with Crippen molar-refractivity contribution in [1.82, 2.24) is 9.55 Å². The number of thiophene rings is 1. The summed E-state index contributed by atoms with van der Waals surface area (Å²) in [6, 6.07) is 16.8. The number of nitrogens with zero attached hydrogens (tertiary/aromatic N) is 2. The molecule has 8 heteroatoms. The summed E-state index contributed by atoms with van der Waals surface area (Å²) in [4.78, 5) is 33.3. The highest BCUT2D eigenvalue weighted by Gasteiger charge is 2.26. The normalized spacial score (nSPS) is 14.0. The molecule has 4 aromatic rings. The van der Waals surface area contributed by atoms with Gasteiger partial charge >= 0.3 is 0 Å². The topological polar surface area (TPSA) is 87.2 Å². The molecule has 0 spiro atoms. The van der Waals surface area contributed by atoms with E-state index in [2.05, 4.69) is 0 Å². The molecule has 1 aliphatic rings. The number of aryl methyl sites for hydroxylation is 2. The summed E-state index contributed by atoms with van der Waals surface area (Å²) >= 11 is 2.81. The predicted molar refractivity (Wildman–Crippen MR) is 137 cm³/mol. The maximum absolute atomic E-state index is 14.0. The van der Waals surface area contributed by atoms with E-state index in [-0.39, 0.29) is 5.56 Å². The molecule has 174 valence electrons. The fourth-order valence-corrected chi connectivity index (χ4v) is 6.74. The number of benzene rings is 2. The number of hydrogen-bond acceptors (Lipinski definition) is 6. The summed E-state index contributed by atoms with van der Waals surface area (Å²) in [6.07, 6.45) is 4.09. The molecule has 5 rings (SSSR count). The first-order valence-electron chi connectivity index (χ1n) is 11.4. The van der Waals surface area contributed by atoms with Crippen LogP contribution in [0.15, 0.2) is 64.5 Å². The van der Waals surface area contributed by atoms with Gasteiger partial charge in [0.25, 0.3) is 5.56 Å². The van der Waals surface area contributed by atoms with Gasteiger partial charge in [-0.2, -0.15) is 0 Å². The molecule has 2 aromatic carbocycles. The number of nitrogens with two attached hydrogens (primary N) is 1. The number of thioether (sulfide) groups is 1. The van der Waals surface area contributed by atoms with Crippen molar-refractivity contribution in [3.05, 3.63) is 81.0 Å². The maximum atomic E-state index is 14.0. The van der Waals surface area contributed by atoms with E-state index >= 15 is 0 Å². The standard InChI is InChI=1S/C26H25N3O3S2/c1-2-32-18-14-12-17(13-15-18)29-25(31)21-19-10-6-7-11-20(19)33-24(21)28-26(29)34-22(23(27)30)16-8-4-3-5-9-16/h3-5,8-9,12-15,22H,2,6-7,10-11H2,1H3,(H2,27,30).